The summed E-state index contributed by atoms with van der Waals surface area (Å²) in [6.45, 7) is 2.06. The number of ether oxygens (including phenoxy) is 2. The summed E-state index contributed by atoms with van der Waals surface area (Å²) < 4.78 is 26.2. The fourth-order valence-electron chi connectivity index (χ4n) is 2.87. The van der Waals surface area contributed by atoms with E-state index in [0.29, 0.717) is 17.9 Å². The first-order chi connectivity index (χ1) is 14.9. The van der Waals surface area contributed by atoms with Crippen LogP contribution in [0.3, 0.4) is 0 Å². The van der Waals surface area contributed by atoms with Gasteiger partial charge < -0.3 is 14.8 Å². The van der Waals surface area contributed by atoms with Crippen LogP contribution in [0.4, 0.5) is 4.39 Å². The van der Waals surface area contributed by atoms with E-state index in [1.807, 2.05) is 18.2 Å². The highest BCUT2D eigenvalue weighted by molar-refractivity contribution is 9.10. The Hall–Kier alpha value is -3.20. The second-order valence-corrected chi connectivity index (χ2v) is 7.50. The van der Waals surface area contributed by atoms with Crippen molar-refractivity contribution in [3.8, 4) is 17.3 Å². The summed E-state index contributed by atoms with van der Waals surface area (Å²) >= 11 is 3.41. The zero-order valence-electron chi connectivity index (χ0n) is 17.0. The standard InChI is InChI=1S/C22H21BrFN3O4/c1-3-18(22(29)25-13-14-12-15(23)4-9-19(14)30-2)31-20-10-11-21(28)27(26-20)17-7-5-16(24)6-8-17/h4-12,18H,3,13H2,1-2H3,(H,25,29)/t18-/m1/s1. The molecule has 1 atom stereocenters. The van der Waals surface area contributed by atoms with Gasteiger partial charge in [0.25, 0.3) is 11.5 Å². The van der Waals surface area contributed by atoms with Gasteiger partial charge in [0.15, 0.2) is 6.10 Å². The molecule has 31 heavy (non-hydrogen) atoms. The van der Waals surface area contributed by atoms with Crippen molar-refractivity contribution in [2.45, 2.75) is 26.0 Å². The molecule has 0 radical (unpaired) electrons. The van der Waals surface area contributed by atoms with Crippen LogP contribution in [-0.4, -0.2) is 28.9 Å². The second-order valence-electron chi connectivity index (χ2n) is 6.59. The van der Waals surface area contributed by atoms with Crippen LogP contribution in [0.5, 0.6) is 11.6 Å². The number of benzene rings is 2. The maximum atomic E-state index is 13.2. The van der Waals surface area contributed by atoms with Gasteiger partial charge in [-0.15, -0.1) is 5.10 Å². The monoisotopic (exact) mass is 489 g/mol. The molecule has 2 aromatic carbocycles. The molecule has 1 amide bonds. The first-order valence-corrected chi connectivity index (χ1v) is 10.3. The van der Waals surface area contributed by atoms with Crippen LogP contribution in [-0.2, 0) is 11.3 Å². The summed E-state index contributed by atoms with van der Waals surface area (Å²) in [5.74, 6) is 0.0105. The van der Waals surface area contributed by atoms with Crippen molar-refractivity contribution in [1.82, 2.24) is 15.1 Å². The molecule has 1 heterocycles. The van der Waals surface area contributed by atoms with E-state index in [9.17, 15) is 14.0 Å². The van der Waals surface area contributed by atoms with E-state index >= 15 is 0 Å². The zero-order chi connectivity index (χ0) is 22.4. The molecular formula is C22H21BrFN3O4. The van der Waals surface area contributed by atoms with Gasteiger partial charge in [-0.3, -0.25) is 9.59 Å². The summed E-state index contributed by atoms with van der Waals surface area (Å²) in [6.07, 6.45) is -0.427. The van der Waals surface area contributed by atoms with Crippen molar-refractivity contribution in [3.63, 3.8) is 0 Å². The summed E-state index contributed by atoms with van der Waals surface area (Å²) in [5.41, 5.74) is 0.789. The summed E-state index contributed by atoms with van der Waals surface area (Å²) in [5, 5.41) is 6.99. The lowest BCUT2D eigenvalue weighted by atomic mass is 10.2. The number of nitrogens with one attached hydrogen (secondary N) is 1. The third-order valence-corrected chi connectivity index (χ3v) is 4.96. The average Bonchev–Trinajstić information content (AvgIpc) is 2.77. The Labute approximate surface area is 186 Å². The van der Waals surface area contributed by atoms with Gasteiger partial charge in [-0.25, -0.2) is 4.39 Å². The van der Waals surface area contributed by atoms with Crippen molar-refractivity contribution >= 4 is 21.8 Å². The topological polar surface area (TPSA) is 82.5 Å². The number of carbonyl (C=O) groups is 1. The number of methoxy groups -OCH3 is 1. The van der Waals surface area contributed by atoms with Crippen LogP contribution in [0, 0.1) is 5.82 Å². The molecule has 7 nitrogen and oxygen atoms in total. The van der Waals surface area contributed by atoms with Gasteiger partial charge in [-0.1, -0.05) is 22.9 Å². The van der Waals surface area contributed by atoms with Gasteiger partial charge in [0, 0.05) is 28.7 Å². The van der Waals surface area contributed by atoms with E-state index in [1.165, 1.54) is 36.4 Å². The Bertz CT molecular complexity index is 1120. The lowest BCUT2D eigenvalue weighted by Gasteiger charge is -2.18. The fourth-order valence-corrected chi connectivity index (χ4v) is 3.28. The summed E-state index contributed by atoms with van der Waals surface area (Å²) in [4.78, 5) is 24.8. The average molecular weight is 490 g/mol. The highest BCUT2D eigenvalue weighted by Crippen LogP contribution is 2.23. The molecule has 0 saturated heterocycles. The Morgan fingerprint density at radius 1 is 1.19 bits per heavy atom. The molecule has 0 aliphatic carbocycles. The van der Waals surface area contributed by atoms with Crippen LogP contribution in [0.15, 0.2) is 63.9 Å². The van der Waals surface area contributed by atoms with E-state index in [0.717, 1.165) is 14.7 Å². The van der Waals surface area contributed by atoms with E-state index in [4.69, 9.17) is 9.47 Å². The first kappa shape index (κ1) is 22.5. The molecule has 162 valence electrons. The number of rotatable bonds is 8. The Morgan fingerprint density at radius 2 is 1.94 bits per heavy atom. The van der Waals surface area contributed by atoms with Gasteiger partial charge in [0.1, 0.15) is 11.6 Å². The Morgan fingerprint density at radius 3 is 2.61 bits per heavy atom. The van der Waals surface area contributed by atoms with Crippen LogP contribution in [0.1, 0.15) is 18.9 Å². The van der Waals surface area contributed by atoms with E-state index in [2.05, 4.69) is 26.3 Å². The quantitative estimate of drug-likeness (QED) is 0.522. The molecule has 0 fully saturated rings. The molecular weight excluding hydrogens is 469 g/mol. The lowest BCUT2D eigenvalue weighted by molar-refractivity contribution is -0.128. The highest BCUT2D eigenvalue weighted by atomic mass is 79.9. The van der Waals surface area contributed by atoms with Crippen LogP contribution in [0.2, 0.25) is 0 Å². The second kappa shape index (κ2) is 10.2. The van der Waals surface area contributed by atoms with Gasteiger partial charge >= 0.3 is 0 Å². The summed E-state index contributed by atoms with van der Waals surface area (Å²) in [7, 11) is 1.56. The Balaban J connectivity index is 1.73. The molecule has 0 spiro atoms. The smallest absolute Gasteiger partial charge is 0.271 e. The number of amides is 1. The zero-order valence-corrected chi connectivity index (χ0v) is 18.6. The van der Waals surface area contributed by atoms with Gasteiger partial charge in [-0.2, -0.15) is 4.68 Å². The molecule has 9 heteroatoms. The number of carbonyl (C=O) groups excluding carboxylic acids is 1. The predicted molar refractivity (Wildman–Crippen MR) is 117 cm³/mol. The molecule has 0 aliphatic rings. The highest BCUT2D eigenvalue weighted by Gasteiger charge is 2.20. The molecule has 1 N–H and O–H groups in total. The SMILES string of the molecule is CC[C@@H](Oc1ccc(=O)n(-c2ccc(F)cc2)n1)C(=O)NCc1cc(Br)ccc1OC. The van der Waals surface area contributed by atoms with E-state index in [1.54, 1.807) is 14.0 Å². The normalized spacial score (nSPS) is 11.6. The largest absolute Gasteiger partial charge is 0.496 e. The van der Waals surface area contributed by atoms with Gasteiger partial charge in [0.05, 0.1) is 12.8 Å². The van der Waals surface area contributed by atoms with E-state index < -0.39 is 17.5 Å². The third-order valence-electron chi connectivity index (χ3n) is 4.47. The number of nitrogens with zero attached hydrogens (tertiary/aromatic N) is 2. The minimum absolute atomic E-state index is 0.103. The van der Waals surface area contributed by atoms with Crippen LogP contribution in [0.25, 0.3) is 5.69 Å². The van der Waals surface area contributed by atoms with Gasteiger partial charge in [-0.05, 0) is 48.9 Å². The number of hydrogen-bond donors (Lipinski definition) is 1. The van der Waals surface area contributed by atoms with Crippen molar-refractivity contribution in [2.75, 3.05) is 7.11 Å². The van der Waals surface area contributed by atoms with Crippen LogP contribution < -0.4 is 20.3 Å². The third kappa shape index (κ3) is 5.69. The molecule has 1 aromatic heterocycles. The number of aromatic nitrogens is 2. The summed E-state index contributed by atoms with van der Waals surface area (Å²) in [6, 6.07) is 13.5. The van der Waals surface area contributed by atoms with Crippen molar-refractivity contribution < 1.29 is 18.7 Å². The molecule has 0 unspecified atom stereocenters. The first-order valence-electron chi connectivity index (χ1n) is 9.54. The molecule has 0 saturated carbocycles. The van der Waals surface area contributed by atoms with Crippen molar-refractivity contribution in [2.24, 2.45) is 0 Å². The maximum absolute atomic E-state index is 13.2. The number of halogens is 2. The van der Waals surface area contributed by atoms with E-state index in [-0.39, 0.29) is 18.3 Å². The van der Waals surface area contributed by atoms with Crippen molar-refractivity contribution in [1.29, 1.82) is 0 Å². The molecule has 0 aliphatic heterocycles. The number of hydrogen-bond acceptors (Lipinski definition) is 5. The fraction of sp³-hybridized carbons (Fsp3) is 0.227. The molecule has 3 aromatic rings. The predicted octanol–water partition coefficient (Wildman–Crippen LogP) is 3.62. The minimum atomic E-state index is -0.815. The Kier molecular flexibility index (Phi) is 7.41. The lowest BCUT2D eigenvalue weighted by Crippen LogP contribution is -2.38. The van der Waals surface area contributed by atoms with Crippen LogP contribution >= 0.6 is 15.9 Å². The maximum Gasteiger partial charge on any atom is 0.271 e. The van der Waals surface area contributed by atoms with Gasteiger partial charge in [0.2, 0.25) is 5.88 Å². The minimum Gasteiger partial charge on any atom is -0.496 e. The molecule has 3 rings (SSSR count). The van der Waals surface area contributed by atoms with Crippen molar-refractivity contribution in [3.05, 3.63) is 80.8 Å². The molecule has 0 bridgehead atoms.